The van der Waals surface area contributed by atoms with Crippen LogP contribution in [-0.4, -0.2) is 26.9 Å². The van der Waals surface area contributed by atoms with Gasteiger partial charge in [-0.2, -0.15) is 0 Å². The number of rotatable bonds is 7. The predicted molar refractivity (Wildman–Crippen MR) is 69.0 cm³/mol. The lowest BCUT2D eigenvalue weighted by atomic mass is 10.2. The van der Waals surface area contributed by atoms with Crippen LogP contribution in [0.5, 0.6) is 0 Å². The molecule has 0 saturated heterocycles. The van der Waals surface area contributed by atoms with Crippen LogP contribution < -0.4 is 11.3 Å². The summed E-state index contributed by atoms with van der Waals surface area (Å²) in [6.07, 6.45) is 0. The quantitative estimate of drug-likeness (QED) is 0.444. The van der Waals surface area contributed by atoms with Gasteiger partial charge in [-0.15, -0.1) is 0 Å². The van der Waals surface area contributed by atoms with Gasteiger partial charge in [0, 0.05) is 12.5 Å². The molecule has 1 unspecified atom stereocenters. The van der Waals surface area contributed by atoms with Crippen LogP contribution in [0.2, 0.25) is 0 Å². The molecule has 5 heteroatoms. The summed E-state index contributed by atoms with van der Waals surface area (Å²) in [5.41, 5.74) is 3.55. The third-order valence-electron chi connectivity index (χ3n) is 2.71. The second-order valence-corrected chi connectivity index (χ2v) is 3.97. The largest absolute Gasteiger partial charge is 0.459 e. The molecule has 0 aliphatic rings. The van der Waals surface area contributed by atoms with E-state index in [1.54, 1.807) is 7.11 Å². The van der Waals surface area contributed by atoms with Gasteiger partial charge >= 0.3 is 0 Å². The molecule has 1 aromatic carbocycles. The van der Waals surface area contributed by atoms with E-state index in [2.05, 4.69) is 5.43 Å². The molecule has 0 saturated carbocycles. The normalized spacial score (nSPS) is 13.0. The van der Waals surface area contributed by atoms with Gasteiger partial charge in [0.05, 0.1) is 19.8 Å². The van der Waals surface area contributed by atoms with Crippen molar-refractivity contribution in [3.63, 3.8) is 0 Å². The van der Waals surface area contributed by atoms with Crippen molar-refractivity contribution in [2.75, 3.05) is 26.9 Å². The highest BCUT2D eigenvalue weighted by Crippen LogP contribution is 2.23. The first-order chi connectivity index (χ1) is 8.85. The van der Waals surface area contributed by atoms with Crippen molar-refractivity contribution in [1.82, 2.24) is 5.43 Å². The highest BCUT2D eigenvalue weighted by Gasteiger charge is 2.14. The second-order valence-electron chi connectivity index (χ2n) is 3.97. The van der Waals surface area contributed by atoms with Crippen LogP contribution in [0.25, 0.3) is 11.0 Å². The molecule has 0 aliphatic carbocycles. The van der Waals surface area contributed by atoms with Crippen LogP contribution in [-0.2, 0) is 9.47 Å². The summed E-state index contributed by atoms with van der Waals surface area (Å²) in [6, 6.07) is 9.66. The average molecular weight is 250 g/mol. The fourth-order valence-corrected chi connectivity index (χ4v) is 1.73. The molecule has 0 radical (unpaired) electrons. The maximum atomic E-state index is 5.72. The van der Waals surface area contributed by atoms with Crippen molar-refractivity contribution < 1.29 is 13.9 Å². The molecule has 0 spiro atoms. The highest BCUT2D eigenvalue weighted by molar-refractivity contribution is 5.77. The lowest BCUT2D eigenvalue weighted by molar-refractivity contribution is 0.0557. The van der Waals surface area contributed by atoms with Crippen LogP contribution in [0.3, 0.4) is 0 Å². The van der Waals surface area contributed by atoms with E-state index in [0.717, 1.165) is 16.7 Å². The Morgan fingerprint density at radius 3 is 2.89 bits per heavy atom. The van der Waals surface area contributed by atoms with Gasteiger partial charge in [-0.25, -0.2) is 5.43 Å². The number of nitrogens with two attached hydrogens (primary N) is 1. The summed E-state index contributed by atoms with van der Waals surface area (Å²) < 4.78 is 16.1. The lowest BCUT2D eigenvalue weighted by Crippen LogP contribution is -2.31. The topological polar surface area (TPSA) is 69.7 Å². The summed E-state index contributed by atoms with van der Waals surface area (Å²) in [5, 5.41) is 1.06. The van der Waals surface area contributed by atoms with Gasteiger partial charge in [0.1, 0.15) is 17.4 Å². The fourth-order valence-electron chi connectivity index (χ4n) is 1.73. The number of methoxy groups -OCH3 is 1. The molecule has 0 fully saturated rings. The number of benzene rings is 1. The van der Waals surface area contributed by atoms with Gasteiger partial charge in [-0.05, 0) is 12.1 Å². The predicted octanol–water partition coefficient (Wildman–Crippen LogP) is 1.60. The van der Waals surface area contributed by atoms with E-state index in [4.69, 9.17) is 19.7 Å². The molecule has 0 aliphatic heterocycles. The van der Waals surface area contributed by atoms with Crippen molar-refractivity contribution in [3.8, 4) is 0 Å². The Balaban J connectivity index is 2.02. The number of ether oxygens (including phenoxy) is 2. The van der Waals surface area contributed by atoms with E-state index in [-0.39, 0.29) is 6.04 Å². The minimum atomic E-state index is -0.158. The van der Waals surface area contributed by atoms with Crippen molar-refractivity contribution >= 4 is 11.0 Å². The van der Waals surface area contributed by atoms with Gasteiger partial charge < -0.3 is 13.9 Å². The van der Waals surface area contributed by atoms with Gasteiger partial charge in [0.25, 0.3) is 0 Å². The average Bonchev–Trinajstić information content (AvgIpc) is 2.82. The van der Waals surface area contributed by atoms with Crippen LogP contribution in [0, 0.1) is 0 Å². The Labute approximate surface area is 106 Å². The van der Waals surface area contributed by atoms with E-state index in [1.165, 1.54) is 0 Å². The Morgan fingerprint density at radius 2 is 2.17 bits per heavy atom. The first-order valence-corrected chi connectivity index (χ1v) is 5.86. The third-order valence-corrected chi connectivity index (χ3v) is 2.71. The maximum absolute atomic E-state index is 5.72. The van der Waals surface area contributed by atoms with Crippen LogP contribution >= 0.6 is 0 Å². The number of hydrazine groups is 1. The molecule has 18 heavy (non-hydrogen) atoms. The van der Waals surface area contributed by atoms with E-state index in [0.29, 0.717) is 19.8 Å². The molecule has 2 aromatic rings. The third kappa shape index (κ3) is 3.08. The number of para-hydroxylation sites is 1. The Morgan fingerprint density at radius 1 is 1.33 bits per heavy atom. The van der Waals surface area contributed by atoms with Crippen LogP contribution in [0.1, 0.15) is 11.8 Å². The Hall–Kier alpha value is -1.40. The highest BCUT2D eigenvalue weighted by atomic mass is 16.5. The molecule has 98 valence electrons. The smallest absolute Gasteiger partial charge is 0.134 e. The summed E-state index contributed by atoms with van der Waals surface area (Å²) in [6.45, 7) is 1.55. The fraction of sp³-hybridized carbons (Fsp3) is 0.385. The minimum absolute atomic E-state index is 0.158. The number of nitrogens with one attached hydrogen (secondary N) is 1. The lowest BCUT2D eigenvalue weighted by Gasteiger charge is -2.13. The van der Waals surface area contributed by atoms with E-state index in [1.807, 2.05) is 30.3 Å². The van der Waals surface area contributed by atoms with E-state index in [9.17, 15) is 0 Å². The SMILES string of the molecule is COCCOCC(NN)c1cc2ccccc2o1. The number of hydrogen-bond donors (Lipinski definition) is 2. The molecule has 1 atom stereocenters. The molecule has 1 heterocycles. The molecular weight excluding hydrogens is 232 g/mol. The zero-order valence-electron chi connectivity index (χ0n) is 10.4. The standard InChI is InChI=1S/C13H18N2O3/c1-16-6-7-17-9-11(15-14)13-8-10-4-2-3-5-12(10)18-13/h2-5,8,11,15H,6-7,9,14H2,1H3. The number of hydrogen-bond acceptors (Lipinski definition) is 5. The first kappa shape index (κ1) is 13.0. The second kappa shape index (κ2) is 6.51. The van der Waals surface area contributed by atoms with Gasteiger partial charge in [0.2, 0.25) is 0 Å². The molecule has 5 nitrogen and oxygen atoms in total. The van der Waals surface area contributed by atoms with Crippen LogP contribution in [0.4, 0.5) is 0 Å². The molecule has 1 aromatic heterocycles. The number of fused-ring (bicyclic) bond motifs is 1. The zero-order chi connectivity index (χ0) is 12.8. The zero-order valence-corrected chi connectivity index (χ0v) is 10.4. The Kier molecular flexibility index (Phi) is 4.72. The summed E-state index contributed by atoms with van der Waals surface area (Å²) >= 11 is 0. The number of furan rings is 1. The van der Waals surface area contributed by atoms with E-state index >= 15 is 0 Å². The molecular formula is C13H18N2O3. The molecule has 2 rings (SSSR count). The first-order valence-electron chi connectivity index (χ1n) is 5.86. The van der Waals surface area contributed by atoms with Crippen molar-refractivity contribution in [1.29, 1.82) is 0 Å². The molecule has 0 amide bonds. The van der Waals surface area contributed by atoms with Crippen molar-refractivity contribution in [2.45, 2.75) is 6.04 Å². The van der Waals surface area contributed by atoms with Gasteiger partial charge in [0.15, 0.2) is 0 Å². The molecule has 3 N–H and O–H groups in total. The van der Waals surface area contributed by atoms with Crippen molar-refractivity contribution in [2.24, 2.45) is 5.84 Å². The summed E-state index contributed by atoms with van der Waals surface area (Å²) in [7, 11) is 1.64. The van der Waals surface area contributed by atoms with Crippen LogP contribution in [0.15, 0.2) is 34.7 Å². The maximum Gasteiger partial charge on any atom is 0.134 e. The van der Waals surface area contributed by atoms with Gasteiger partial charge in [-0.1, -0.05) is 18.2 Å². The van der Waals surface area contributed by atoms with Gasteiger partial charge in [-0.3, -0.25) is 5.84 Å². The molecule has 0 bridgehead atoms. The van der Waals surface area contributed by atoms with E-state index < -0.39 is 0 Å². The van der Waals surface area contributed by atoms with Crippen molar-refractivity contribution in [3.05, 3.63) is 36.1 Å². The summed E-state index contributed by atoms with van der Waals surface area (Å²) in [5.74, 6) is 6.29. The Bertz CT molecular complexity index is 451. The minimum Gasteiger partial charge on any atom is -0.459 e. The summed E-state index contributed by atoms with van der Waals surface area (Å²) in [4.78, 5) is 0. The monoisotopic (exact) mass is 250 g/mol.